The van der Waals surface area contributed by atoms with Crippen molar-refractivity contribution in [2.24, 2.45) is 0 Å². The number of hydrogen-bond acceptors (Lipinski definition) is 6. The van der Waals surface area contributed by atoms with Gasteiger partial charge in [0, 0.05) is 18.9 Å². The lowest BCUT2D eigenvalue weighted by molar-refractivity contribution is -0.145. The van der Waals surface area contributed by atoms with Crippen molar-refractivity contribution in [1.29, 1.82) is 0 Å². The van der Waals surface area contributed by atoms with Crippen LogP contribution in [-0.2, 0) is 38.8 Å². The van der Waals surface area contributed by atoms with E-state index in [-0.39, 0.29) is 19.2 Å². The monoisotopic (exact) mass is 427 g/mol. The number of aromatic nitrogens is 3. The molecule has 160 valence electrons. The lowest BCUT2D eigenvalue weighted by atomic mass is 10.2. The van der Waals surface area contributed by atoms with Crippen LogP contribution in [0.25, 0.3) is 11.4 Å². The number of esters is 2. The maximum Gasteiger partial charge on any atom is 0.346 e. The molecule has 3 aromatic rings. The molecule has 32 heavy (non-hydrogen) atoms. The average Bonchev–Trinajstić information content (AvgIpc) is 3.55. The first-order chi connectivity index (χ1) is 15.7. The molecule has 1 aliphatic carbocycles. The average molecular weight is 427 g/mol. The van der Waals surface area contributed by atoms with E-state index in [2.05, 4.69) is 15.7 Å². The Morgan fingerprint density at radius 1 is 0.875 bits per heavy atom. The summed E-state index contributed by atoms with van der Waals surface area (Å²) in [5.74, 6) is -0.726. The smallest absolute Gasteiger partial charge is 0.346 e. The maximum atomic E-state index is 12.0. The van der Waals surface area contributed by atoms with Gasteiger partial charge in [0.05, 0.1) is 29.2 Å². The lowest BCUT2D eigenvalue weighted by Gasteiger charge is -2.08. The molecule has 3 heterocycles. The third-order valence-electron chi connectivity index (χ3n) is 4.67. The molecule has 0 atom stereocenters. The van der Waals surface area contributed by atoms with Gasteiger partial charge in [0.15, 0.2) is 0 Å². The largest absolute Gasteiger partial charge is 0.459 e. The van der Waals surface area contributed by atoms with Crippen molar-refractivity contribution in [3.05, 3.63) is 102 Å². The number of allylic oxidation sites excluding steroid dienone is 1. The summed E-state index contributed by atoms with van der Waals surface area (Å²) in [5, 5.41) is 0. The normalized spacial score (nSPS) is 11.9. The molecule has 0 aliphatic heterocycles. The molecular formula is C25H21N3O4. The van der Waals surface area contributed by atoms with Gasteiger partial charge in [0.25, 0.3) is 0 Å². The number of aryl methyl sites for hydroxylation is 1. The van der Waals surface area contributed by atoms with Crippen LogP contribution in [0.15, 0.2) is 90.5 Å². The van der Waals surface area contributed by atoms with Crippen molar-refractivity contribution in [1.82, 2.24) is 14.5 Å². The number of carbonyl (C=O) groups is 2. The second-order valence-electron chi connectivity index (χ2n) is 7.02. The molecule has 7 heteroatoms. The van der Waals surface area contributed by atoms with Crippen LogP contribution in [0.3, 0.4) is 0 Å². The highest BCUT2D eigenvalue weighted by Gasteiger charge is 2.11. The predicted octanol–water partition coefficient (Wildman–Crippen LogP) is 3.77. The first-order valence-corrected chi connectivity index (χ1v) is 10.2. The summed E-state index contributed by atoms with van der Waals surface area (Å²) < 4.78 is 12.6. The van der Waals surface area contributed by atoms with Crippen molar-refractivity contribution in [2.75, 3.05) is 0 Å². The molecule has 0 N–H and O–H groups in total. The predicted molar refractivity (Wildman–Crippen MR) is 117 cm³/mol. The van der Waals surface area contributed by atoms with Crippen LogP contribution < -0.4 is 0 Å². The number of rotatable bonds is 9. The molecule has 0 bridgehead atoms. The second-order valence-corrected chi connectivity index (χ2v) is 7.02. The van der Waals surface area contributed by atoms with Crippen molar-refractivity contribution in [2.45, 2.75) is 26.2 Å². The summed E-state index contributed by atoms with van der Waals surface area (Å²) in [6, 6.07) is 14.7. The quantitative estimate of drug-likeness (QED) is 0.382. The molecule has 0 unspecified atom stereocenters. The molecule has 0 fully saturated rings. The highest BCUT2D eigenvalue weighted by Crippen LogP contribution is 2.17. The van der Waals surface area contributed by atoms with Gasteiger partial charge in [-0.2, -0.15) is 0 Å². The summed E-state index contributed by atoms with van der Waals surface area (Å²) in [5.41, 5.74) is 5.71. The number of carbonyl (C=O) groups excluding carboxylic acids is 2. The number of pyridine rings is 2. The number of ether oxygens (including phenoxy) is 2. The zero-order valence-electron chi connectivity index (χ0n) is 17.3. The van der Waals surface area contributed by atoms with E-state index in [1.165, 1.54) is 0 Å². The Morgan fingerprint density at radius 2 is 1.53 bits per heavy atom. The molecule has 4 rings (SSSR count). The third-order valence-corrected chi connectivity index (χ3v) is 4.67. The fourth-order valence-corrected chi connectivity index (χ4v) is 3.05. The molecule has 1 aliphatic rings. The first-order valence-electron chi connectivity index (χ1n) is 10.2. The molecule has 3 aromatic heterocycles. The Balaban J connectivity index is 1.33. The van der Waals surface area contributed by atoms with Crippen LogP contribution in [0, 0.1) is 0 Å². The van der Waals surface area contributed by atoms with Crippen molar-refractivity contribution < 1.29 is 19.1 Å². The third kappa shape index (κ3) is 5.68. The molecular weight excluding hydrogens is 406 g/mol. The van der Waals surface area contributed by atoms with Gasteiger partial charge >= 0.3 is 11.9 Å². The van der Waals surface area contributed by atoms with Crippen molar-refractivity contribution in [3.8, 4) is 11.4 Å². The zero-order valence-corrected chi connectivity index (χ0v) is 17.3. The lowest BCUT2D eigenvalue weighted by Crippen LogP contribution is -2.09. The summed E-state index contributed by atoms with van der Waals surface area (Å²) in [7, 11) is 0. The summed E-state index contributed by atoms with van der Waals surface area (Å²) in [6.07, 6.45) is 9.14. The highest BCUT2D eigenvalue weighted by atomic mass is 16.5. The van der Waals surface area contributed by atoms with Gasteiger partial charge in [-0.25, -0.2) is 14.8 Å². The van der Waals surface area contributed by atoms with E-state index in [0.29, 0.717) is 41.3 Å². The first kappa shape index (κ1) is 21.0. The minimum Gasteiger partial charge on any atom is -0.459 e. The SMILES string of the molecule is O=C(CCn1cccc1)OCc1cccc(-c2cccc(COC(=O)C3=C=CC=C3)n2)n1. The van der Waals surface area contributed by atoms with Crippen LogP contribution in [0.1, 0.15) is 17.8 Å². The van der Waals surface area contributed by atoms with Gasteiger partial charge in [-0.3, -0.25) is 4.79 Å². The number of nitrogens with zero attached hydrogens (tertiary/aromatic N) is 3. The standard InChI is InChI=1S/C25H21N3O4/c29-24(13-16-28-14-3-4-15-28)31-17-20-9-5-11-22(26-20)23-12-6-10-21(27-23)18-32-25(30)19-7-1-2-8-19/h1-7,9-12,14-15H,13,16-18H2. The van der Waals surface area contributed by atoms with E-state index in [4.69, 9.17) is 9.47 Å². The second kappa shape index (κ2) is 10.2. The molecule has 0 amide bonds. The summed E-state index contributed by atoms with van der Waals surface area (Å²) in [6.45, 7) is 0.709. The fourth-order valence-electron chi connectivity index (χ4n) is 3.05. The maximum absolute atomic E-state index is 12.0. The van der Waals surface area contributed by atoms with Crippen LogP contribution in [-0.4, -0.2) is 26.5 Å². The van der Waals surface area contributed by atoms with Gasteiger partial charge < -0.3 is 14.0 Å². The Morgan fingerprint density at radius 3 is 2.16 bits per heavy atom. The molecule has 0 aromatic carbocycles. The molecule has 0 saturated heterocycles. The molecule has 7 nitrogen and oxygen atoms in total. The summed E-state index contributed by atoms with van der Waals surface area (Å²) in [4.78, 5) is 33.1. The Hall–Kier alpha value is -4.22. The van der Waals surface area contributed by atoms with Crippen LogP contribution in [0.4, 0.5) is 0 Å². The Bertz CT molecular complexity index is 1210. The summed E-state index contributed by atoms with van der Waals surface area (Å²) >= 11 is 0. The van der Waals surface area contributed by atoms with Gasteiger partial charge in [-0.15, -0.1) is 5.73 Å². The highest BCUT2D eigenvalue weighted by molar-refractivity contribution is 5.92. The van der Waals surface area contributed by atoms with E-state index < -0.39 is 5.97 Å². The molecule has 0 radical (unpaired) electrons. The van der Waals surface area contributed by atoms with Crippen LogP contribution in [0.2, 0.25) is 0 Å². The molecule has 0 spiro atoms. The van der Waals surface area contributed by atoms with Gasteiger partial charge in [0.2, 0.25) is 0 Å². The van der Waals surface area contributed by atoms with E-state index in [1.807, 2.05) is 53.4 Å². The van der Waals surface area contributed by atoms with Gasteiger partial charge in [0.1, 0.15) is 18.8 Å². The Kier molecular flexibility index (Phi) is 6.70. The van der Waals surface area contributed by atoms with Crippen LogP contribution in [0.5, 0.6) is 0 Å². The van der Waals surface area contributed by atoms with Gasteiger partial charge in [-0.05, 0) is 48.6 Å². The topological polar surface area (TPSA) is 83.3 Å². The minimum atomic E-state index is -0.444. The van der Waals surface area contributed by atoms with Crippen molar-refractivity contribution in [3.63, 3.8) is 0 Å². The zero-order chi connectivity index (χ0) is 22.2. The van der Waals surface area contributed by atoms with E-state index in [9.17, 15) is 9.59 Å². The fraction of sp³-hybridized carbons (Fsp3) is 0.160. The van der Waals surface area contributed by atoms with Crippen LogP contribution >= 0.6 is 0 Å². The van der Waals surface area contributed by atoms with Crippen molar-refractivity contribution >= 4 is 11.9 Å². The van der Waals surface area contributed by atoms with E-state index >= 15 is 0 Å². The van der Waals surface area contributed by atoms with Gasteiger partial charge in [-0.1, -0.05) is 18.2 Å². The number of hydrogen-bond donors (Lipinski definition) is 0. The minimum absolute atomic E-state index is 0.0460. The van der Waals surface area contributed by atoms with E-state index in [1.54, 1.807) is 30.4 Å². The van der Waals surface area contributed by atoms with E-state index in [0.717, 1.165) is 0 Å². The molecule has 0 saturated carbocycles. The Labute approximate surface area is 185 Å².